The van der Waals surface area contributed by atoms with Crippen LogP contribution in [0, 0.1) is 11.3 Å². The van der Waals surface area contributed by atoms with Crippen LogP contribution in [0.2, 0.25) is 0 Å². The summed E-state index contributed by atoms with van der Waals surface area (Å²) in [6, 6.07) is 11.3. The van der Waals surface area contributed by atoms with Crippen molar-refractivity contribution in [1.82, 2.24) is 9.55 Å². The zero-order chi connectivity index (χ0) is 11.5. The lowest BCUT2D eigenvalue weighted by molar-refractivity contribution is 0.772. The minimum atomic E-state index is -0.363. The lowest BCUT2D eigenvalue weighted by Gasteiger charge is -2.03. The third-order valence-electron chi connectivity index (χ3n) is 2.32. The molecule has 1 aromatic carbocycles. The van der Waals surface area contributed by atoms with E-state index in [4.69, 9.17) is 11.0 Å². The molecule has 3 N–H and O–H groups in total. The molecule has 0 saturated carbocycles. The second-order valence-corrected chi connectivity index (χ2v) is 3.37. The van der Waals surface area contributed by atoms with Crippen molar-refractivity contribution in [3.05, 3.63) is 52.1 Å². The lowest BCUT2D eigenvalue weighted by atomic mass is 10.2. The van der Waals surface area contributed by atoms with E-state index in [-0.39, 0.29) is 17.2 Å². The van der Waals surface area contributed by atoms with Crippen molar-refractivity contribution in [3.8, 4) is 6.07 Å². The third-order valence-corrected chi connectivity index (χ3v) is 2.32. The van der Waals surface area contributed by atoms with Crippen LogP contribution in [0.5, 0.6) is 0 Å². The summed E-state index contributed by atoms with van der Waals surface area (Å²) < 4.78 is 1.34. The number of nitrogen functional groups attached to an aromatic ring is 1. The number of benzene rings is 1. The standard InChI is InChI=1S/C11H10N4O/c12-6-9-10(13)15(11(16)14-9)7-8-4-2-1-3-5-8/h1-5H,7,13H2,(H,14,16). The molecule has 5 nitrogen and oxygen atoms in total. The number of nitrogens with zero attached hydrogens (tertiary/aromatic N) is 2. The van der Waals surface area contributed by atoms with Gasteiger partial charge in [-0.05, 0) is 5.56 Å². The molecular weight excluding hydrogens is 204 g/mol. The van der Waals surface area contributed by atoms with Gasteiger partial charge in [0, 0.05) is 0 Å². The van der Waals surface area contributed by atoms with Gasteiger partial charge in [0.1, 0.15) is 11.9 Å². The van der Waals surface area contributed by atoms with Crippen LogP contribution in [-0.4, -0.2) is 9.55 Å². The molecule has 0 aliphatic carbocycles. The summed E-state index contributed by atoms with van der Waals surface area (Å²) >= 11 is 0. The Kier molecular flexibility index (Phi) is 2.48. The molecule has 0 atom stereocenters. The maximum atomic E-state index is 11.5. The van der Waals surface area contributed by atoms with Crippen LogP contribution in [0.25, 0.3) is 0 Å². The number of nitrogens with two attached hydrogens (primary N) is 1. The van der Waals surface area contributed by atoms with Gasteiger partial charge in [-0.1, -0.05) is 30.3 Å². The number of nitriles is 1. The highest BCUT2D eigenvalue weighted by atomic mass is 16.1. The minimum Gasteiger partial charge on any atom is -0.383 e. The van der Waals surface area contributed by atoms with Gasteiger partial charge in [0.05, 0.1) is 6.54 Å². The number of nitrogens with one attached hydrogen (secondary N) is 1. The number of hydrogen-bond donors (Lipinski definition) is 2. The SMILES string of the molecule is N#Cc1[nH]c(=O)n(Cc2ccccc2)c1N. The van der Waals surface area contributed by atoms with E-state index in [9.17, 15) is 4.79 Å². The molecule has 0 saturated heterocycles. The number of rotatable bonds is 2. The molecule has 80 valence electrons. The minimum absolute atomic E-state index is 0.112. The predicted octanol–water partition coefficient (Wildman–Crippen LogP) is 0.679. The predicted molar refractivity (Wildman–Crippen MR) is 59.7 cm³/mol. The number of aromatic amines is 1. The van der Waals surface area contributed by atoms with Gasteiger partial charge in [0.25, 0.3) is 0 Å². The summed E-state index contributed by atoms with van der Waals surface area (Å²) in [4.78, 5) is 13.9. The molecule has 0 fully saturated rings. The Bertz CT molecular complexity index is 589. The van der Waals surface area contributed by atoms with Gasteiger partial charge in [-0.15, -0.1) is 0 Å². The van der Waals surface area contributed by atoms with Gasteiger partial charge in [-0.3, -0.25) is 9.55 Å². The van der Waals surface area contributed by atoms with Crippen LogP contribution in [-0.2, 0) is 6.54 Å². The zero-order valence-electron chi connectivity index (χ0n) is 8.47. The highest BCUT2D eigenvalue weighted by Gasteiger charge is 2.10. The summed E-state index contributed by atoms with van der Waals surface area (Å²) in [5.74, 6) is 0.177. The Morgan fingerprint density at radius 2 is 2.06 bits per heavy atom. The fourth-order valence-electron chi connectivity index (χ4n) is 1.49. The third kappa shape index (κ3) is 1.68. The number of aromatic nitrogens is 2. The molecule has 0 bridgehead atoms. The molecule has 2 rings (SSSR count). The van der Waals surface area contributed by atoms with E-state index in [0.29, 0.717) is 6.54 Å². The van der Waals surface area contributed by atoms with E-state index in [1.54, 1.807) is 0 Å². The van der Waals surface area contributed by atoms with Crippen molar-refractivity contribution in [2.75, 3.05) is 5.73 Å². The number of anilines is 1. The Labute approximate surface area is 91.8 Å². The van der Waals surface area contributed by atoms with Gasteiger partial charge in [0.2, 0.25) is 0 Å². The normalized spacial score (nSPS) is 9.94. The maximum absolute atomic E-state index is 11.5. The zero-order valence-corrected chi connectivity index (χ0v) is 8.47. The van der Waals surface area contributed by atoms with Crippen molar-refractivity contribution in [1.29, 1.82) is 5.26 Å². The molecule has 1 heterocycles. The van der Waals surface area contributed by atoms with E-state index in [0.717, 1.165) is 5.56 Å². The summed E-state index contributed by atoms with van der Waals surface area (Å²) in [5, 5.41) is 8.71. The van der Waals surface area contributed by atoms with E-state index in [2.05, 4.69) is 4.98 Å². The topological polar surface area (TPSA) is 87.6 Å². The molecule has 0 amide bonds. The van der Waals surface area contributed by atoms with Gasteiger partial charge in [0.15, 0.2) is 5.69 Å². The maximum Gasteiger partial charge on any atom is 0.328 e. The van der Waals surface area contributed by atoms with Gasteiger partial charge >= 0.3 is 5.69 Å². The largest absolute Gasteiger partial charge is 0.383 e. The van der Waals surface area contributed by atoms with Crippen molar-refractivity contribution in [2.45, 2.75) is 6.54 Å². The highest BCUT2D eigenvalue weighted by molar-refractivity contribution is 5.44. The van der Waals surface area contributed by atoms with Crippen LogP contribution in [0.1, 0.15) is 11.3 Å². The van der Waals surface area contributed by atoms with Crippen LogP contribution in [0.3, 0.4) is 0 Å². The van der Waals surface area contributed by atoms with Gasteiger partial charge in [-0.25, -0.2) is 4.79 Å². The molecule has 0 radical (unpaired) electrons. The first-order chi connectivity index (χ1) is 7.72. The fraction of sp³-hybridized carbons (Fsp3) is 0.0909. The lowest BCUT2D eigenvalue weighted by Crippen LogP contribution is -2.19. The summed E-state index contributed by atoms with van der Waals surface area (Å²) in [6.07, 6.45) is 0. The van der Waals surface area contributed by atoms with Crippen molar-refractivity contribution < 1.29 is 0 Å². The second kappa shape index (κ2) is 3.95. The summed E-state index contributed by atoms with van der Waals surface area (Å²) in [5.41, 5.74) is 6.38. The smallest absolute Gasteiger partial charge is 0.328 e. The average molecular weight is 214 g/mol. The van der Waals surface area contributed by atoms with Crippen LogP contribution < -0.4 is 11.4 Å². The van der Waals surface area contributed by atoms with E-state index in [1.807, 2.05) is 36.4 Å². The Morgan fingerprint density at radius 1 is 1.38 bits per heavy atom. The number of hydrogen-bond acceptors (Lipinski definition) is 3. The Balaban J connectivity index is 2.40. The van der Waals surface area contributed by atoms with Crippen molar-refractivity contribution in [3.63, 3.8) is 0 Å². The first-order valence-corrected chi connectivity index (χ1v) is 4.74. The number of imidazole rings is 1. The first kappa shape index (κ1) is 10.1. The van der Waals surface area contributed by atoms with Crippen molar-refractivity contribution >= 4 is 5.82 Å². The molecule has 1 aromatic heterocycles. The summed E-state index contributed by atoms with van der Waals surface area (Å²) in [6.45, 7) is 0.365. The van der Waals surface area contributed by atoms with E-state index in [1.165, 1.54) is 4.57 Å². The molecule has 16 heavy (non-hydrogen) atoms. The molecule has 0 spiro atoms. The molecule has 2 aromatic rings. The molecule has 0 unspecified atom stereocenters. The first-order valence-electron chi connectivity index (χ1n) is 4.74. The molecular formula is C11H10N4O. The molecule has 0 aliphatic heterocycles. The van der Waals surface area contributed by atoms with Crippen LogP contribution in [0.15, 0.2) is 35.1 Å². The Hall–Kier alpha value is -2.48. The van der Waals surface area contributed by atoms with Gasteiger partial charge in [-0.2, -0.15) is 5.26 Å². The van der Waals surface area contributed by atoms with Crippen molar-refractivity contribution in [2.24, 2.45) is 0 Å². The average Bonchev–Trinajstić information content (AvgIpc) is 2.58. The van der Waals surface area contributed by atoms with Crippen LogP contribution in [0.4, 0.5) is 5.82 Å². The second-order valence-electron chi connectivity index (χ2n) is 3.37. The fourth-order valence-corrected chi connectivity index (χ4v) is 1.49. The molecule has 0 aliphatic rings. The van der Waals surface area contributed by atoms with E-state index >= 15 is 0 Å². The van der Waals surface area contributed by atoms with E-state index < -0.39 is 0 Å². The summed E-state index contributed by atoms with van der Waals surface area (Å²) in [7, 11) is 0. The quantitative estimate of drug-likeness (QED) is 0.770. The van der Waals surface area contributed by atoms with Gasteiger partial charge < -0.3 is 5.73 Å². The highest BCUT2D eigenvalue weighted by Crippen LogP contribution is 2.08. The van der Waals surface area contributed by atoms with Crippen LogP contribution >= 0.6 is 0 Å². The Morgan fingerprint density at radius 3 is 2.62 bits per heavy atom. The monoisotopic (exact) mass is 214 g/mol. The molecule has 5 heteroatoms. The number of H-pyrrole nitrogens is 1.